The molecule has 7 rings (SSSR count). The second-order valence-corrected chi connectivity index (χ2v) is 11.8. The second kappa shape index (κ2) is 12.2. The molecular formula is C35H38N4O4. The lowest BCUT2D eigenvalue weighted by molar-refractivity contribution is 0.0710. The lowest BCUT2D eigenvalue weighted by Gasteiger charge is -2.30. The normalized spacial score (nSPS) is 18.1. The number of amides is 1. The molecule has 0 radical (unpaired) electrons. The van der Waals surface area contributed by atoms with E-state index in [1.54, 1.807) is 0 Å². The van der Waals surface area contributed by atoms with E-state index in [0.29, 0.717) is 24.5 Å². The number of aromatic nitrogens is 1. The number of carbonyl (C=O) groups is 1. The van der Waals surface area contributed by atoms with Gasteiger partial charge in [-0.3, -0.25) is 4.79 Å². The molecule has 1 N–H and O–H groups in total. The zero-order valence-corrected chi connectivity index (χ0v) is 24.5. The van der Waals surface area contributed by atoms with Crippen LogP contribution in [0.15, 0.2) is 72.8 Å². The van der Waals surface area contributed by atoms with E-state index in [0.717, 1.165) is 78.1 Å². The van der Waals surface area contributed by atoms with Crippen LogP contribution in [0.1, 0.15) is 41.6 Å². The molecule has 3 aromatic carbocycles. The van der Waals surface area contributed by atoms with E-state index in [4.69, 9.17) is 14.5 Å². The number of pyridine rings is 1. The summed E-state index contributed by atoms with van der Waals surface area (Å²) in [4.78, 5) is 26.2. The molecule has 8 heteroatoms. The maximum absolute atomic E-state index is 14.5. The predicted molar refractivity (Wildman–Crippen MR) is 168 cm³/mol. The number of benzene rings is 3. The Bertz CT molecular complexity index is 1600. The molecule has 222 valence electrons. The molecule has 1 atom stereocenters. The van der Waals surface area contributed by atoms with Crippen molar-refractivity contribution in [1.29, 1.82) is 0 Å². The van der Waals surface area contributed by atoms with Crippen LogP contribution in [0, 0.1) is 0 Å². The maximum Gasteiger partial charge on any atom is 0.254 e. The van der Waals surface area contributed by atoms with Gasteiger partial charge in [0.05, 0.1) is 17.7 Å². The molecule has 0 bridgehead atoms. The first-order valence-electron chi connectivity index (χ1n) is 15.4. The molecule has 3 aliphatic rings. The topological polar surface area (TPSA) is 78.4 Å². The monoisotopic (exact) mass is 578 g/mol. The van der Waals surface area contributed by atoms with Crippen molar-refractivity contribution < 1.29 is 19.4 Å². The Hall–Kier alpha value is -4.14. The summed E-state index contributed by atoms with van der Waals surface area (Å²) in [6.45, 7) is 5.16. The number of carbonyl (C=O) groups excluding carboxylic acids is 1. The van der Waals surface area contributed by atoms with Crippen molar-refractivity contribution in [3.63, 3.8) is 0 Å². The summed E-state index contributed by atoms with van der Waals surface area (Å²) in [5.41, 5.74) is 4.52. The number of ether oxygens (including phenoxy) is 2. The fourth-order valence-corrected chi connectivity index (χ4v) is 6.72. The lowest BCUT2D eigenvalue weighted by Crippen LogP contribution is -2.42. The molecule has 0 unspecified atom stereocenters. The van der Waals surface area contributed by atoms with Crippen LogP contribution in [-0.2, 0) is 6.54 Å². The summed E-state index contributed by atoms with van der Waals surface area (Å²) in [7, 11) is 0. The zero-order chi connectivity index (χ0) is 29.2. The number of likely N-dealkylation sites (tertiary alicyclic amines) is 2. The largest absolute Gasteiger partial charge is 0.454 e. The molecule has 0 spiro atoms. The Balaban J connectivity index is 1.30. The summed E-state index contributed by atoms with van der Waals surface area (Å²) in [6.07, 6.45) is 4.53. The Kier molecular flexibility index (Phi) is 7.87. The number of aliphatic hydroxyl groups is 1. The highest BCUT2D eigenvalue weighted by Crippen LogP contribution is 2.37. The number of nitrogens with zero attached hydrogens (tertiary/aromatic N) is 4. The Labute approximate surface area is 252 Å². The molecule has 1 amide bonds. The number of hydrogen-bond acceptors (Lipinski definition) is 7. The molecule has 1 aromatic heterocycles. The fraction of sp³-hybridized carbons (Fsp3) is 0.371. The van der Waals surface area contributed by atoms with Gasteiger partial charge in [-0.25, -0.2) is 4.98 Å². The molecule has 0 saturated carbocycles. The van der Waals surface area contributed by atoms with Gasteiger partial charge in [0.25, 0.3) is 5.91 Å². The van der Waals surface area contributed by atoms with E-state index < -0.39 is 0 Å². The number of anilines is 1. The third-order valence-electron chi connectivity index (χ3n) is 8.95. The molecular weight excluding hydrogens is 540 g/mol. The predicted octanol–water partition coefficient (Wildman–Crippen LogP) is 5.33. The highest BCUT2D eigenvalue weighted by Gasteiger charge is 2.33. The van der Waals surface area contributed by atoms with E-state index in [-0.39, 0.29) is 25.3 Å². The van der Waals surface area contributed by atoms with E-state index in [1.165, 1.54) is 12.8 Å². The lowest BCUT2D eigenvalue weighted by atomic mass is 9.99. The van der Waals surface area contributed by atoms with E-state index >= 15 is 0 Å². The second-order valence-electron chi connectivity index (χ2n) is 11.8. The minimum atomic E-state index is -0.0110. The Morgan fingerprint density at radius 2 is 1.70 bits per heavy atom. The molecule has 2 fully saturated rings. The van der Waals surface area contributed by atoms with Crippen molar-refractivity contribution in [1.82, 2.24) is 14.8 Å². The average Bonchev–Trinajstić information content (AvgIpc) is 3.83. The van der Waals surface area contributed by atoms with Crippen molar-refractivity contribution in [3.05, 3.63) is 83.9 Å². The van der Waals surface area contributed by atoms with Gasteiger partial charge in [0.1, 0.15) is 5.82 Å². The summed E-state index contributed by atoms with van der Waals surface area (Å²) < 4.78 is 11.1. The van der Waals surface area contributed by atoms with Gasteiger partial charge in [0.15, 0.2) is 11.5 Å². The minimum absolute atomic E-state index is 0.0110. The summed E-state index contributed by atoms with van der Waals surface area (Å²) in [5, 5.41) is 10.8. The number of aliphatic hydroxyl groups excluding tert-OH is 1. The first-order valence-corrected chi connectivity index (χ1v) is 15.4. The molecule has 3 aliphatic heterocycles. The van der Waals surface area contributed by atoms with Gasteiger partial charge in [-0.05, 0) is 85.8 Å². The third-order valence-corrected chi connectivity index (χ3v) is 8.95. The Morgan fingerprint density at radius 1 is 0.907 bits per heavy atom. The zero-order valence-electron chi connectivity index (χ0n) is 24.5. The maximum atomic E-state index is 14.5. The molecule has 4 aromatic rings. The highest BCUT2D eigenvalue weighted by atomic mass is 16.7. The van der Waals surface area contributed by atoms with Crippen LogP contribution in [0.5, 0.6) is 11.5 Å². The number of hydrogen-bond donors (Lipinski definition) is 1. The quantitative estimate of drug-likeness (QED) is 0.288. The van der Waals surface area contributed by atoms with Crippen LogP contribution >= 0.6 is 0 Å². The molecule has 4 heterocycles. The third kappa shape index (κ3) is 5.77. The van der Waals surface area contributed by atoms with Crippen molar-refractivity contribution >= 4 is 22.6 Å². The van der Waals surface area contributed by atoms with Gasteiger partial charge in [-0.15, -0.1) is 0 Å². The van der Waals surface area contributed by atoms with E-state index in [1.807, 2.05) is 54.6 Å². The summed E-state index contributed by atoms with van der Waals surface area (Å²) >= 11 is 0. The minimum Gasteiger partial charge on any atom is -0.454 e. The van der Waals surface area contributed by atoms with Crippen LogP contribution < -0.4 is 14.4 Å². The molecule has 8 nitrogen and oxygen atoms in total. The first kappa shape index (κ1) is 27.7. The van der Waals surface area contributed by atoms with Gasteiger partial charge in [0, 0.05) is 37.6 Å². The van der Waals surface area contributed by atoms with E-state index in [9.17, 15) is 9.90 Å². The van der Waals surface area contributed by atoms with Gasteiger partial charge in [-0.1, -0.05) is 42.5 Å². The molecule has 43 heavy (non-hydrogen) atoms. The first-order chi connectivity index (χ1) is 21.2. The summed E-state index contributed by atoms with van der Waals surface area (Å²) in [6, 6.07) is 24.4. The highest BCUT2D eigenvalue weighted by molar-refractivity contribution is 6.08. The smallest absolute Gasteiger partial charge is 0.254 e. The van der Waals surface area contributed by atoms with E-state index in [2.05, 4.69) is 32.9 Å². The SMILES string of the molecule is O=C(c1cc(N(CCO)Cc2ccccc2)nc2ccc(-c3ccc4c(c3)OCO4)cc12)N1CCC[C@H]1CN1CCCC1. The van der Waals surface area contributed by atoms with Crippen LogP contribution in [-0.4, -0.2) is 78.0 Å². The fourth-order valence-electron chi connectivity index (χ4n) is 6.72. The van der Waals surface area contributed by atoms with Gasteiger partial charge >= 0.3 is 0 Å². The van der Waals surface area contributed by atoms with Crippen LogP contribution in [0.3, 0.4) is 0 Å². The van der Waals surface area contributed by atoms with Crippen molar-refractivity contribution in [2.45, 2.75) is 38.3 Å². The van der Waals surface area contributed by atoms with Gasteiger partial charge in [0.2, 0.25) is 6.79 Å². The Morgan fingerprint density at radius 3 is 2.53 bits per heavy atom. The van der Waals surface area contributed by atoms with Crippen LogP contribution in [0.4, 0.5) is 5.82 Å². The van der Waals surface area contributed by atoms with Crippen molar-refractivity contribution in [3.8, 4) is 22.6 Å². The van der Waals surface area contributed by atoms with Gasteiger partial charge < -0.3 is 29.3 Å². The summed E-state index contributed by atoms with van der Waals surface area (Å²) in [5.74, 6) is 2.22. The number of fused-ring (bicyclic) bond motifs is 2. The van der Waals surface area contributed by atoms with Crippen molar-refractivity contribution in [2.75, 3.05) is 51.0 Å². The molecule has 2 saturated heterocycles. The average molecular weight is 579 g/mol. The van der Waals surface area contributed by atoms with Gasteiger partial charge in [-0.2, -0.15) is 0 Å². The van der Waals surface area contributed by atoms with Crippen molar-refractivity contribution in [2.24, 2.45) is 0 Å². The van der Waals surface area contributed by atoms with Crippen LogP contribution in [0.25, 0.3) is 22.0 Å². The number of rotatable bonds is 9. The standard InChI is InChI=1S/C35H38N4O4/c40-18-17-38(22-25-7-2-1-3-8-25)34-21-30(35(41)39-16-6-9-28(39)23-37-14-4-5-15-37)29-19-26(10-12-31(29)36-34)27-11-13-32-33(20-27)43-24-42-32/h1-3,7-8,10-13,19-21,28,40H,4-6,9,14-18,22-24H2/t28-/m0/s1. The van der Waals surface area contributed by atoms with Crippen LogP contribution in [0.2, 0.25) is 0 Å². The molecule has 0 aliphatic carbocycles.